The van der Waals surface area contributed by atoms with Gasteiger partial charge in [-0.05, 0) is 65.0 Å². The molecule has 6 rings (SSSR count). The second-order valence-corrected chi connectivity index (χ2v) is 11.2. The van der Waals surface area contributed by atoms with Crippen molar-refractivity contribution in [3.8, 4) is 5.75 Å². The Morgan fingerprint density at radius 2 is 1.80 bits per heavy atom. The Morgan fingerprint density at radius 3 is 2.37 bits per heavy atom. The van der Waals surface area contributed by atoms with Crippen molar-refractivity contribution in [3.63, 3.8) is 0 Å². The van der Waals surface area contributed by atoms with Crippen LogP contribution in [-0.2, 0) is 6.18 Å². The molecule has 1 saturated heterocycles. The smallest absolute Gasteiger partial charge is 0.418 e. The maximum absolute atomic E-state index is 13.8. The lowest BCUT2D eigenvalue weighted by molar-refractivity contribution is -0.403. The predicted molar refractivity (Wildman–Crippen MR) is 116 cm³/mol. The molecule has 0 spiro atoms. The van der Waals surface area contributed by atoms with Crippen LogP contribution in [0.25, 0.3) is 10.9 Å². The van der Waals surface area contributed by atoms with Gasteiger partial charge >= 0.3 is 12.4 Å². The molecule has 1 aromatic heterocycles. The van der Waals surface area contributed by atoms with Gasteiger partial charge in [-0.15, -0.1) is 0 Å². The first-order valence-electron chi connectivity index (χ1n) is 11.8. The monoisotopic (exact) mass is 505 g/mol. The molecule has 1 aliphatic heterocycles. The summed E-state index contributed by atoms with van der Waals surface area (Å²) in [5.74, 6) is 0.0261. The Balaban J connectivity index is 1.33. The number of hydrogen-bond donors (Lipinski definition) is 2. The number of nitrogens with zero attached hydrogens (tertiary/aromatic N) is 2. The molecular formula is C24H29F6N3O2. The van der Waals surface area contributed by atoms with E-state index in [4.69, 9.17) is 4.74 Å². The van der Waals surface area contributed by atoms with Gasteiger partial charge in [0, 0.05) is 28.9 Å². The van der Waals surface area contributed by atoms with Crippen LogP contribution in [0.1, 0.15) is 64.5 Å². The van der Waals surface area contributed by atoms with Crippen LogP contribution in [0.15, 0.2) is 18.3 Å². The summed E-state index contributed by atoms with van der Waals surface area (Å²) in [5, 5.41) is 19.1. The molecule has 11 heteroatoms. The van der Waals surface area contributed by atoms with Gasteiger partial charge in [-0.2, -0.15) is 31.4 Å². The Bertz CT molecular complexity index is 1120. The summed E-state index contributed by atoms with van der Waals surface area (Å²) >= 11 is 0. The zero-order valence-corrected chi connectivity index (χ0v) is 19.7. The summed E-state index contributed by atoms with van der Waals surface area (Å²) in [5.41, 5.74) is -4.53. The van der Waals surface area contributed by atoms with Crippen molar-refractivity contribution in [2.45, 2.75) is 89.0 Å². The number of halogens is 6. The second kappa shape index (κ2) is 7.50. The number of fused-ring (bicyclic) bond motifs is 1. The zero-order chi connectivity index (χ0) is 25.6. The van der Waals surface area contributed by atoms with Gasteiger partial charge in [0.1, 0.15) is 12.4 Å². The number of hydrogen-bond acceptors (Lipinski definition) is 4. The molecule has 3 saturated carbocycles. The number of benzene rings is 1. The van der Waals surface area contributed by atoms with E-state index < -0.39 is 40.4 Å². The zero-order valence-electron chi connectivity index (χ0n) is 19.7. The first-order valence-corrected chi connectivity index (χ1v) is 11.8. The van der Waals surface area contributed by atoms with Gasteiger partial charge in [-0.1, -0.05) is 0 Å². The van der Waals surface area contributed by atoms with Gasteiger partial charge < -0.3 is 15.2 Å². The third kappa shape index (κ3) is 3.72. The molecule has 5 nitrogen and oxygen atoms in total. The standard InChI is InChI=1S/C24H29F6N3O2/c1-13(2)33-19-15(8-31-33)4-17(5-18(19)23(25,26)27)35-9-16-7-22(34,6-14(3)32-16)20-10-21(11-20,12-20)24(28,29)30/h4-5,8,13-14,16,32,34H,6-7,9-12H2,1-3H3/t14-,16-,20?,21?,22-/m0/s1. The minimum Gasteiger partial charge on any atom is -0.492 e. The summed E-state index contributed by atoms with van der Waals surface area (Å²) in [6.45, 7) is 5.32. The van der Waals surface area contributed by atoms with Crippen LogP contribution >= 0.6 is 0 Å². The quantitative estimate of drug-likeness (QED) is 0.518. The molecule has 2 N–H and O–H groups in total. The molecule has 35 heavy (non-hydrogen) atoms. The third-order valence-corrected chi connectivity index (χ3v) is 8.28. The normalized spacial score (nSPS) is 35.2. The molecule has 2 heterocycles. The Kier molecular flexibility index (Phi) is 5.29. The Hall–Kier alpha value is -2.01. The minimum absolute atomic E-state index is 0.0131. The van der Waals surface area contributed by atoms with E-state index in [2.05, 4.69) is 10.4 Å². The topological polar surface area (TPSA) is 59.3 Å². The van der Waals surface area contributed by atoms with Crippen molar-refractivity contribution in [1.82, 2.24) is 15.1 Å². The summed E-state index contributed by atoms with van der Waals surface area (Å²) in [6.07, 6.45) is -7.17. The number of aliphatic hydroxyl groups is 1. The van der Waals surface area contributed by atoms with Crippen LogP contribution < -0.4 is 10.1 Å². The van der Waals surface area contributed by atoms with Gasteiger partial charge in [-0.25, -0.2) is 0 Å². The van der Waals surface area contributed by atoms with Crippen LogP contribution in [0, 0.1) is 10.8 Å². The number of nitrogens with one attached hydrogen (secondary N) is 1. The lowest BCUT2D eigenvalue weighted by Gasteiger charge is -2.76. The number of ether oxygens (including phenoxy) is 1. The molecule has 1 aromatic carbocycles. The molecule has 4 fully saturated rings. The number of aromatic nitrogens is 2. The summed E-state index contributed by atoms with van der Waals surface area (Å²) < 4.78 is 88.6. The highest BCUT2D eigenvalue weighted by Gasteiger charge is 2.83. The van der Waals surface area contributed by atoms with Gasteiger partial charge in [-0.3, -0.25) is 4.68 Å². The van der Waals surface area contributed by atoms with Crippen molar-refractivity contribution in [3.05, 3.63) is 23.9 Å². The number of alkyl halides is 6. The molecular weight excluding hydrogens is 476 g/mol. The minimum atomic E-state index is -4.61. The van der Waals surface area contributed by atoms with E-state index in [1.807, 2.05) is 6.92 Å². The summed E-state index contributed by atoms with van der Waals surface area (Å²) in [6, 6.07) is 1.61. The van der Waals surface area contributed by atoms with Crippen LogP contribution in [0.5, 0.6) is 5.75 Å². The van der Waals surface area contributed by atoms with E-state index in [-0.39, 0.29) is 55.6 Å². The van der Waals surface area contributed by atoms with E-state index in [9.17, 15) is 31.4 Å². The largest absolute Gasteiger partial charge is 0.492 e. The molecule has 194 valence electrons. The predicted octanol–water partition coefficient (Wildman–Crippen LogP) is 5.62. The number of piperidine rings is 1. The average Bonchev–Trinajstić information content (AvgIpc) is 3.04. The first-order chi connectivity index (χ1) is 16.1. The van der Waals surface area contributed by atoms with Crippen LogP contribution in [0.3, 0.4) is 0 Å². The summed E-state index contributed by atoms with van der Waals surface area (Å²) in [4.78, 5) is 0. The molecule has 2 aromatic rings. The fourth-order valence-electron chi connectivity index (χ4n) is 6.69. The Labute approximate surface area is 198 Å². The molecule has 0 unspecified atom stereocenters. The van der Waals surface area contributed by atoms with E-state index >= 15 is 0 Å². The SMILES string of the molecule is CC(C)n1ncc2cc(OC[C@@H]3C[C@](O)(C45CC(C(F)(F)F)(C4)C5)C[C@H](C)N3)cc(C(F)(F)F)c21. The van der Waals surface area contributed by atoms with Gasteiger partial charge in [0.15, 0.2) is 0 Å². The van der Waals surface area contributed by atoms with Gasteiger partial charge in [0.05, 0.1) is 28.3 Å². The van der Waals surface area contributed by atoms with Crippen molar-refractivity contribution in [2.75, 3.05) is 6.61 Å². The van der Waals surface area contributed by atoms with Gasteiger partial charge in [0.2, 0.25) is 0 Å². The van der Waals surface area contributed by atoms with Crippen LogP contribution in [0.4, 0.5) is 26.3 Å². The highest BCUT2D eigenvalue weighted by Crippen LogP contribution is 2.82. The lowest BCUT2D eigenvalue weighted by atomic mass is 9.29. The average molecular weight is 506 g/mol. The highest BCUT2D eigenvalue weighted by molar-refractivity contribution is 5.84. The molecule has 4 aliphatic rings. The van der Waals surface area contributed by atoms with E-state index in [0.29, 0.717) is 11.8 Å². The van der Waals surface area contributed by atoms with Crippen molar-refractivity contribution >= 4 is 10.9 Å². The fourth-order valence-corrected chi connectivity index (χ4v) is 6.69. The Morgan fingerprint density at radius 1 is 1.14 bits per heavy atom. The van der Waals surface area contributed by atoms with Crippen molar-refractivity contribution in [1.29, 1.82) is 0 Å². The molecule has 0 radical (unpaired) electrons. The first kappa shape index (κ1) is 24.7. The van der Waals surface area contributed by atoms with Crippen LogP contribution in [0.2, 0.25) is 0 Å². The lowest BCUT2D eigenvalue weighted by Crippen LogP contribution is -2.78. The van der Waals surface area contributed by atoms with Crippen molar-refractivity contribution < 1.29 is 36.2 Å². The maximum Gasteiger partial charge on any atom is 0.418 e. The fraction of sp³-hybridized carbons (Fsp3) is 0.708. The van der Waals surface area contributed by atoms with E-state index in [1.54, 1.807) is 13.8 Å². The number of rotatable bonds is 5. The van der Waals surface area contributed by atoms with Crippen molar-refractivity contribution in [2.24, 2.45) is 10.8 Å². The van der Waals surface area contributed by atoms with E-state index in [1.165, 1.54) is 16.9 Å². The molecule has 0 amide bonds. The summed E-state index contributed by atoms with van der Waals surface area (Å²) in [7, 11) is 0. The maximum atomic E-state index is 13.8. The van der Waals surface area contributed by atoms with E-state index in [0.717, 1.165) is 6.07 Å². The molecule has 3 aliphatic carbocycles. The molecule has 3 atom stereocenters. The highest BCUT2D eigenvalue weighted by atomic mass is 19.4. The molecule has 2 bridgehead atoms. The second-order valence-electron chi connectivity index (χ2n) is 11.2. The van der Waals surface area contributed by atoms with Gasteiger partial charge in [0.25, 0.3) is 0 Å². The van der Waals surface area contributed by atoms with Crippen LogP contribution in [-0.4, -0.2) is 45.4 Å². The third-order valence-electron chi connectivity index (χ3n) is 8.28.